The lowest BCUT2D eigenvalue weighted by Gasteiger charge is -2.20. The molecule has 4 aromatic rings. The van der Waals surface area contributed by atoms with Gasteiger partial charge in [0.15, 0.2) is 5.58 Å². The number of hydrogen-bond donors (Lipinski definition) is 0. The molecule has 0 saturated carbocycles. The van der Waals surface area contributed by atoms with Gasteiger partial charge in [0.2, 0.25) is 5.89 Å². The number of aromatic nitrogens is 2. The van der Waals surface area contributed by atoms with E-state index in [1.807, 2.05) is 13.8 Å². The minimum absolute atomic E-state index is 0.0319. The van der Waals surface area contributed by atoms with Crippen molar-refractivity contribution in [2.75, 3.05) is 13.1 Å². The highest BCUT2D eigenvalue weighted by Gasteiger charge is 2.19. The highest BCUT2D eigenvalue weighted by molar-refractivity contribution is 6.00. The highest BCUT2D eigenvalue weighted by atomic mass is 19.1. The van der Waals surface area contributed by atoms with E-state index in [2.05, 4.69) is 10.1 Å². The summed E-state index contributed by atoms with van der Waals surface area (Å²) in [6, 6.07) is 11.1. The third kappa shape index (κ3) is 3.63. The maximum Gasteiger partial charge on any atom is 0.253 e. The van der Waals surface area contributed by atoms with Crippen LogP contribution >= 0.6 is 0 Å². The first kappa shape index (κ1) is 18.9. The number of nitrogens with zero attached hydrogens (tertiary/aromatic N) is 3. The van der Waals surface area contributed by atoms with Crippen molar-refractivity contribution in [3.63, 3.8) is 0 Å². The van der Waals surface area contributed by atoms with Gasteiger partial charge in [0.25, 0.3) is 5.91 Å². The summed E-state index contributed by atoms with van der Waals surface area (Å²) in [6.45, 7) is 5.35. The fourth-order valence-electron chi connectivity index (χ4n) is 3.22. The lowest BCUT2D eigenvalue weighted by atomic mass is 10.1. The molecule has 148 valence electrons. The van der Waals surface area contributed by atoms with Gasteiger partial charge in [-0.1, -0.05) is 12.1 Å². The molecule has 0 spiro atoms. The Morgan fingerprint density at radius 2 is 1.93 bits per heavy atom. The Morgan fingerprint density at radius 3 is 2.66 bits per heavy atom. The highest BCUT2D eigenvalue weighted by Crippen LogP contribution is 2.30. The van der Waals surface area contributed by atoms with E-state index in [-0.39, 0.29) is 11.7 Å². The van der Waals surface area contributed by atoms with E-state index < -0.39 is 0 Å². The Balaban J connectivity index is 1.70. The summed E-state index contributed by atoms with van der Waals surface area (Å²) in [4.78, 5) is 19.1. The number of halogens is 1. The number of oxazole rings is 1. The third-order valence-corrected chi connectivity index (χ3v) is 4.72. The van der Waals surface area contributed by atoms with Crippen LogP contribution in [0.15, 0.2) is 57.7 Å². The van der Waals surface area contributed by atoms with Crippen LogP contribution in [0.1, 0.15) is 30.6 Å². The van der Waals surface area contributed by atoms with Crippen molar-refractivity contribution in [3.05, 3.63) is 60.1 Å². The lowest BCUT2D eigenvalue weighted by Crippen LogP contribution is -2.31. The van der Waals surface area contributed by atoms with Crippen molar-refractivity contribution in [2.45, 2.75) is 20.3 Å². The molecule has 0 aliphatic heterocycles. The van der Waals surface area contributed by atoms with Gasteiger partial charge in [-0.05, 0) is 55.8 Å². The Morgan fingerprint density at radius 1 is 1.14 bits per heavy atom. The number of fused-ring (bicyclic) bond motifs is 1. The van der Waals surface area contributed by atoms with Crippen LogP contribution in [-0.4, -0.2) is 34.0 Å². The van der Waals surface area contributed by atoms with Crippen molar-refractivity contribution in [2.24, 2.45) is 0 Å². The predicted molar refractivity (Wildman–Crippen MR) is 107 cm³/mol. The summed E-state index contributed by atoms with van der Waals surface area (Å²) in [5, 5.41) is 4.79. The molecule has 0 aliphatic rings. The first-order valence-electron chi connectivity index (χ1n) is 9.51. The quantitative estimate of drug-likeness (QED) is 0.452. The minimum Gasteiger partial charge on any atom is -0.444 e. The summed E-state index contributed by atoms with van der Waals surface area (Å²) in [6.07, 6.45) is 2.37. The molecular formula is C22H20FN3O3. The van der Waals surface area contributed by atoms with Crippen molar-refractivity contribution < 1.29 is 18.1 Å². The molecule has 6 nitrogen and oxygen atoms in total. The molecule has 0 aliphatic carbocycles. The molecule has 7 heteroatoms. The standard InChI is InChI=1S/C22H20FN3O3/c1-3-11-26(4-2)22(27)15-7-10-19-17(12-15)20(25-29-19)18-13-28-21(24-18)14-5-8-16(23)9-6-14/h5-10,12-13H,3-4,11H2,1-2H3. The summed E-state index contributed by atoms with van der Waals surface area (Å²) in [7, 11) is 0. The molecule has 0 saturated heterocycles. The Bertz CT molecular complexity index is 1150. The zero-order valence-electron chi connectivity index (χ0n) is 16.2. The van der Waals surface area contributed by atoms with Crippen LogP contribution in [0.5, 0.6) is 0 Å². The molecule has 4 rings (SSSR count). The average Bonchev–Trinajstić information content (AvgIpc) is 3.38. The van der Waals surface area contributed by atoms with Gasteiger partial charge in [0.1, 0.15) is 23.5 Å². The first-order valence-corrected chi connectivity index (χ1v) is 9.51. The van der Waals surface area contributed by atoms with Crippen molar-refractivity contribution in [1.82, 2.24) is 15.0 Å². The molecule has 0 fully saturated rings. The van der Waals surface area contributed by atoms with E-state index in [4.69, 9.17) is 8.94 Å². The average molecular weight is 393 g/mol. The van der Waals surface area contributed by atoms with Crippen LogP contribution in [0.25, 0.3) is 33.8 Å². The van der Waals surface area contributed by atoms with Crippen molar-refractivity contribution in [1.29, 1.82) is 0 Å². The Kier molecular flexibility index (Phi) is 5.12. The lowest BCUT2D eigenvalue weighted by molar-refractivity contribution is 0.0764. The van der Waals surface area contributed by atoms with Gasteiger partial charge < -0.3 is 13.8 Å². The van der Waals surface area contributed by atoms with Crippen LogP contribution in [0.4, 0.5) is 4.39 Å². The van der Waals surface area contributed by atoms with Crippen molar-refractivity contribution >= 4 is 16.9 Å². The number of benzene rings is 2. The minimum atomic E-state index is -0.329. The summed E-state index contributed by atoms with van der Waals surface area (Å²) >= 11 is 0. The normalized spacial score (nSPS) is 11.1. The van der Waals surface area contributed by atoms with Crippen LogP contribution in [-0.2, 0) is 0 Å². The van der Waals surface area contributed by atoms with Gasteiger partial charge in [-0.25, -0.2) is 9.37 Å². The number of hydrogen-bond acceptors (Lipinski definition) is 5. The molecule has 29 heavy (non-hydrogen) atoms. The van der Waals surface area contributed by atoms with Crippen LogP contribution in [0.3, 0.4) is 0 Å². The van der Waals surface area contributed by atoms with E-state index in [0.717, 1.165) is 6.42 Å². The number of amides is 1. The van der Waals surface area contributed by atoms with E-state index in [9.17, 15) is 9.18 Å². The van der Waals surface area contributed by atoms with E-state index in [1.54, 1.807) is 35.2 Å². The second kappa shape index (κ2) is 7.87. The molecule has 1 amide bonds. The smallest absolute Gasteiger partial charge is 0.253 e. The molecule has 0 radical (unpaired) electrons. The fourth-order valence-corrected chi connectivity index (χ4v) is 3.22. The first-order chi connectivity index (χ1) is 14.1. The van der Waals surface area contributed by atoms with E-state index >= 15 is 0 Å². The molecule has 2 heterocycles. The SMILES string of the molecule is CCCN(CC)C(=O)c1ccc2onc(-c3coc(-c4ccc(F)cc4)n3)c2c1. The third-order valence-electron chi connectivity index (χ3n) is 4.72. The maximum absolute atomic E-state index is 13.1. The number of carbonyl (C=O) groups is 1. The number of rotatable bonds is 6. The fraction of sp³-hybridized carbons (Fsp3) is 0.227. The Hall–Kier alpha value is -3.48. The molecule has 0 atom stereocenters. The second-order valence-electron chi connectivity index (χ2n) is 6.67. The summed E-state index contributed by atoms with van der Waals surface area (Å²) in [5.41, 5.74) is 2.75. The monoisotopic (exact) mass is 393 g/mol. The topological polar surface area (TPSA) is 72.4 Å². The zero-order valence-corrected chi connectivity index (χ0v) is 16.2. The van der Waals surface area contributed by atoms with Gasteiger partial charge in [-0.3, -0.25) is 4.79 Å². The van der Waals surface area contributed by atoms with Crippen molar-refractivity contribution in [3.8, 4) is 22.8 Å². The molecule has 0 unspecified atom stereocenters. The van der Waals surface area contributed by atoms with Gasteiger partial charge >= 0.3 is 0 Å². The zero-order chi connectivity index (χ0) is 20.4. The Labute approximate surface area is 166 Å². The summed E-state index contributed by atoms with van der Waals surface area (Å²) in [5.74, 6) is -0.0107. The molecule has 0 N–H and O–H groups in total. The molecule has 2 aromatic carbocycles. The van der Waals surface area contributed by atoms with Gasteiger partial charge in [-0.2, -0.15) is 0 Å². The molecule has 2 aromatic heterocycles. The van der Waals surface area contributed by atoms with E-state index in [1.165, 1.54) is 18.4 Å². The molecule has 0 bridgehead atoms. The maximum atomic E-state index is 13.1. The van der Waals surface area contributed by atoms with Gasteiger partial charge in [0, 0.05) is 24.2 Å². The predicted octanol–water partition coefficient (Wildman–Crippen LogP) is 5.16. The van der Waals surface area contributed by atoms with Gasteiger partial charge in [-0.15, -0.1) is 0 Å². The van der Waals surface area contributed by atoms with Crippen LogP contribution < -0.4 is 0 Å². The second-order valence-corrected chi connectivity index (χ2v) is 6.67. The van der Waals surface area contributed by atoms with Gasteiger partial charge in [0.05, 0.1) is 5.39 Å². The van der Waals surface area contributed by atoms with E-state index in [0.29, 0.717) is 52.5 Å². The molecular weight excluding hydrogens is 373 g/mol. The number of carbonyl (C=O) groups excluding carboxylic acids is 1. The van der Waals surface area contributed by atoms with Crippen LogP contribution in [0.2, 0.25) is 0 Å². The largest absolute Gasteiger partial charge is 0.444 e. The van der Waals surface area contributed by atoms with Crippen LogP contribution in [0, 0.1) is 5.82 Å². The summed E-state index contributed by atoms with van der Waals surface area (Å²) < 4.78 is 24.1.